The van der Waals surface area contributed by atoms with E-state index in [-0.39, 0.29) is 11.3 Å². The van der Waals surface area contributed by atoms with E-state index in [1.165, 1.54) is 24.5 Å². The smallest absolute Gasteiger partial charge is 0.322 e. The molecule has 3 N–H and O–H groups in total. The molecule has 0 saturated heterocycles. The molecule has 0 bridgehead atoms. The van der Waals surface area contributed by atoms with Gasteiger partial charge < -0.3 is 10.1 Å². The molecular formula is C16H15N3O4S. The van der Waals surface area contributed by atoms with Crippen LogP contribution >= 0.6 is 0 Å². The summed E-state index contributed by atoms with van der Waals surface area (Å²) in [6, 6.07) is 8.99. The number of benzene rings is 1. The number of aliphatic carboxylic acids is 1. The standard InChI is InChI=1S/C16H15N3O4S/c20-16(21)15(19-24(22,23)12-4-3-7-17-10-12)8-11-9-18-14-6-2-1-5-13(11)14/h1-7,9-10,15,18-19H,8H2,(H,20,21)/t15-/m1/s1. The van der Waals surface area contributed by atoms with Crippen LogP contribution in [-0.4, -0.2) is 35.5 Å². The molecule has 3 rings (SSSR count). The van der Waals surface area contributed by atoms with Crippen molar-refractivity contribution in [3.63, 3.8) is 0 Å². The molecular weight excluding hydrogens is 330 g/mol. The maximum Gasteiger partial charge on any atom is 0.322 e. The minimum atomic E-state index is -3.96. The van der Waals surface area contributed by atoms with Crippen molar-refractivity contribution in [2.75, 3.05) is 0 Å². The number of hydrogen-bond donors (Lipinski definition) is 3. The molecule has 124 valence electrons. The van der Waals surface area contributed by atoms with Gasteiger partial charge in [0.25, 0.3) is 0 Å². The number of fused-ring (bicyclic) bond motifs is 1. The summed E-state index contributed by atoms with van der Waals surface area (Å²) in [6.45, 7) is 0. The maximum atomic E-state index is 12.3. The number of carboxylic acids is 1. The fourth-order valence-electron chi connectivity index (χ4n) is 2.46. The molecule has 7 nitrogen and oxygen atoms in total. The number of sulfonamides is 1. The average Bonchev–Trinajstić information content (AvgIpc) is 2.98. The first-order chi connectivity index (χ1) is 11.5. The second-order valence-corrected chi connectivity index (χ2v) is 6.98. The number of rotatable bonds is 6. The lowest BCUT2D eigenvalue weighted by atomic mass is 10.1. The van der Waals surface area contributed by atoms with Crippen LogP contribution in [0.2, 0.25) is 0 Å². The van der Waals surface area contributed by atoms with E-state index in [4.69, 9.17) is 0 Å². The highest BCUT2D eigenvalue weighted by molar-refractivity contribution is 7.89. The number of para-hydroxylation sites is 1. The Morgan fingerprint density at radius 3 is 2.75 bits per heavy atom. The summed E-state index contributed by atoms with van der Waals surface area (Å²) >= 11 is 0. The number of aromatic nitrogens is 2. The molecule has 3 aromatic rings. The van der Waals surface area contributed by atoms with Crippen molar-refractivity contribution in [1.29, 1.82) is 0 Å². The topological polar surface area (TPSA) is 112 Å². The molecule has 0 saturated carbocycles. The van der Waals surface area contributed by atoms with Crippen LogP contribution in [0.4, 0.5) is 0 Å². The molecule has 24 heavy (non-hydrogen) atoms. The zero-order chi connectivity index (χ0) is 17.2. The Morgan fingerprint density at radius 1 is 1.25 bits per heavy atom. The summed E-state index contributed by atoms with van der Waals surface area (Å²) in [4.78, 5) is 18.2. The molecule has 0 aliphatic rings. The lowest BCUT2D eigenvalue weighted by Crippen LogP contribution is -2.42. The van der Waals surface area contributed by atoms with Crippen molar-refractivity contribution >= 4 is 26.9 Å². The Labute approximate surface area is 138 Å². The molecule has 0 aliphatic carbocycles. The SMILES string of the molecule is O=C(O)[C@@H](Cc1c[nH]c2ccccc12)NS(=O)(=O)c1cccnc1. The summed E-state index contributed by atoms with van der Waals surface area (Å²) < 4.78 is 26.9. The first-order valence-corrected chi connectivity index (χ1v) is 8.66. The third-order valence-corrected chi connectivity index (χ3v) is 5.10. The van der Waals surface area contributed by atoms with Gasteiger partial charge in [0, 0.05) is 35.9 Å². The van der Waals surface area contributed by atoms with Crippen LogP contribution in [0.15, 0.2) is 59.9 Å². The van der Waals surface area contributed by atoms with Gasteiger partial charge in [-0.25, -0.2) is 8.42 Å². The molecule has 0 spiro atoms. The van der Waals surface area contributed by atoms with Gasteiger partial charge in [-0.3, -0.25) is 9.78 Å². The van der Waals surface area contributed by atoms with Gasteiger partial charge in [-0.1, -0.05) is 18.2 Å². The molecule has 1 aromatic carbocycles. The van der Waals surface area contributed by atoms with Gasteiger partial charge in [-0.2, -0.15) is 4.72 Å². The minimum Gasteiger partial charge on any atom is -0.480 e. The van der Waals surface area contributed by atoms with E-state index in [2.05, 4.69) is 14.7 Å². The zero-order valence-corrected chi connectivity index (χ0v) is 13.3. The van der Waals surface area contributed by atoms with Crippen molar-refractivity contribution in [2.24, 2.45) is 0 Å². The molecule has 0 unspecified atom stereocenters. The molecule has 8 heteroatoms. The average molecular weight is 345 g/mol. The Bertz CT molecular complexity index is 967. The third kappa shape index (κ3) is 3.29. The fraction of sp³-hybridized carbons (Fsp3) is 0.125. The first kappa shape index (κ1) is 16.2. The van der Waals surface area contributed by atoms with Crippen LogP contribution in [0, 0.1) is 0 Å². The summed E-state index contributed by atoms with van der Waals surface area (Å²) in [5.74, 6) is -1.24. The lowest BCUT2D eigenvalue weighted by Gasteiger charge is -2.14. The van der Waals surface area contributed by atoms with Crippen LogP contribution in [0.1, 0.15) is 5.56 Å². The Balaban J connectivity index is 1.87. The molecule has 1 atom stereocenters. The number of pyridine rings is 1. The Morgan fingerprint density at radius 2 is 2.04 bits per heavy atom. The summed E-state index contributed by atoms with van der Waals surface area (Å²) in [5.41, 5.74) is 1.60. The van der Waals surface area contributed by atoms with Gasteiger partial charge in [0.1, 0.15) is 10.9 Å². The molecule has 2 heterocycles. The number of nitrogens with zero attached hydrogens (tertiary/aromatic N) is 1. The van der Waals surface area contributed by atoms with Crippen molar-refractivity contribution in [2.45, 2.75) is 17.4 Å². The Kier molecular flexibility index (Phi) is 4.32. The van der Waals surface area contributed by atoms with Crippen LogP contribution in [0.25, 0.3) is 10.9 Å². The van der Waals surface area contributed by atoms with E-state index in [9.17, 15) is 18.3 Å². The number of aromatic amines is 1. The van der Waals surface area contributed by atoms with E-state index >= 15 is 0 Å². The Hall–Kier alpha value is -2.71. The highest BCUT2D eigenvalue weighted by atomic mass is 32.2. The quantitative estimate of drug-likeness (QED) is 0.627. The number of carbonyl (C=O) groups is 1. The van der Waals surface area contributed by atoms with Gasteiger partial charge in [-0.05, 0) is 23.8 Å². The predicted molar refractivity (Wildman–Crippen MR) is 88.0 cm³/mol. The van der Waals surface area contributed by atoms with Gasteiger partial charge in [0.15, 0.2) is 0 Å². The van der Waals surface area contributed by atoms with E-state index in [1.807, 2.05) is 24.3 Å². The molecule has 0 fully saturated rings. The second kappa shape index (κ2) is 6.42. The van der Waals surface area contributed by atoms with Crippen molar-refractivity contribution in [3.05, 3.63) is 60.6 Å². The van der Waals surface area contributed by atoms with Crippen molar-refractivity contribution in [1.82, 2.24) is 14.7 Å². The maximum absolute atomic E-state index is 12.3. The van der Waals surface area contributed by atoms with Gasteiger partial charge >= 0.3 is 5.97 Å². The largest absolute Gasteiger partial charge is 0.480 e. The highest BCUT2D eigenvalue weighted by Crippen LogP contribution is 2.19. The van der Waals surface area contributed by atoms with Crippen LogP contribution in [0.3, 0.4) is 0 Å². The van der Waals surface area contributed by atoms with Crippen LogP contribution in [0.5, 0.6) is 0 Å². The van der Waals surface area contributed by atoms with Crippen molar-refractivity contribution in [3.8, 4) is 0 Å². The number of nitrogens with one attached hydrogen (secondary N) is 2. The first-order valence-electron chi connectivity index (χ1n) is 7.17. The number of H-pyrrole nitrogens is 1. The lowest BCUT2D eigenvalue weighted by molar-refractivity contribution is -0.138. The summed E-state index contributed by atoms with van der Waals surface area (Å²) in [7, 11) is -3.96. The minimum absolute atomic E-state index is 0.0266. The molecule has 0 aliphatic heterocycles. The van der Waals surface area contributed by atoms with Gasteiger partial charge in [0.05, 0.1) is 0 Å². The number of carboxylic acid groups (broad SMARTS) is 1. The van der Waals surface area contributed by atoms with E-state index < -0.39 is 22.0 Å². The third-order valence-electron chi connectivity index (χ3n) is 3.64. The van der Waals surface area contributed by atoms with Crippen molar-refractivity contribution < 1.29 is 18.3 Å². The summed E-state index contributed by atoms with van der Waals surface area (Å²) in [5, 5.41) is 10.3. The highest BCUT2D eigenvalue weighted by Gasteiger charge is 2.26. The fourth-order valence-corrected chi connectivity index (χ4v) is 3.61. The molecule has 0 amide bonds. The van der Waals surface area contributed by atoms with Gasteiger partial charge in [-0.15, -0.1) is 0 Å². The predicted octanol–water partition coefficient (Wildman–Crippen LogP) is 1.54. The second-order valence-electron chi connectivity index (χ2n) is 5.26. The van der Waals surface area contributed by atoms with Crippen LogP contribution in [-0.2, 0) is 21.2 Å². The monoisotopic (exact) mass is 345 g/mol. The van der Waals surface area contributed by atoms with Gasteiger partial charge in [0.2, 0.25) is 10.0 Å². The number of hydrogen-bond acceptors (Lipinski definition) is 4. The van der Waals surface area contributed by atoms with E-state index in [0.717, 1.165) is 16.5 Å². The molecule has 0 radical (unpaired) electrons. The summed E-state index contributed by atoms with van der Waals surface area (Å²) in [6.07, 6.45) is 4.34. The van der Waals surface area contributed by atoms with Crippen LogP contribution < -0.4 is 4.72 Å². The molecule has 2 aromatic heterocycles. The van der Waals surface area contributed by atoms with E-state index in [1.54, 1.807) is 6.20 Å². The normalized spacial score (nSPS) is 13.0. The van der Waals surface area contributed by atoms with E-state index in [0.29, 0.717) is 0 Å². The zero-order valence-electron chi connectivity index (χ0n) is 12.5.